The van der Waals surface area contributed by atoms with Crippen molar-refractivity contribution in [1.82, 2.24) is 10.6 Å². The van der Waals surface area contributed by atoms with Crippen LogP contribution in [0.4, 0.5) is 4.79 Å². The second-order valence-electron chi connectivity index (χ2n) is 3.72. The van der Waals surface area contributed by atoms with Gasteiger partial charge in [0, 0.05) is 6.61 Å². The van der Waals surface area contributed by atoms with Gasteiger partial charge in [-0.1, -0.05) is 0 Å². The second kappa shape index (κ2) is 9.11. The number of unbranched alkanes of at least 4 members (excludes halogenated alkanes) is 1. The molecular formula is C10H21N3O3. The number of hydrogen-bond acceptors (Lipinski definition) is 4. The lowest BCUT2D eigenvalue weighted by atomic mass is 10.3. The average Bonchev–Trinajstić information content (AvgIpc) is 2.14. The standard InChI is InChI=1S/C10H21N3O3/c1-8(2)16-6-4-3-5-12-7-9(14)13-10(11)15/h8,12H,3-7H2,1-2H3,(H3,11,13,14,15). The number of ether oxygens (including phenoxy) is 1. The van der Waals surface area contributed by atoms with Crippen LogP contribution in [0.15, 0.2) is 0 Å². The molecule has 0 spiro atoms. The van der Waals surface area contributed by atoms with Gasteiger partial charge < -0.3 is 15.8 Å². The number of carbonyl (C=O) groups is 2. The monoisotopic (exact) mass is 231 g/mol. The highest BCUT2D eigenvalue weighted by Crippen LogP contribution is 1.92. The van der Waals surface area contributed by atoms with Crippen LogP contribution in [-0.4, -0.2) is 37.7 Å². The molecule has 0 aliphatic rings. The molecule has 0 heterocycles. The van der Waals surface area contributed by atoms with Crippen LogP contribution in [0.2, 0.25) is 0 Å². The number of primary amides is 1. The molecular weight excluding hydrogens is 210 g/mol. The molecule has 0 aromatic heterocycles. The third-order valence-electron chi connectivity index (χ3n) is 1.75. The third-order valence-corrected chi connectivity index (χ3v) is 1.75. The smallest absolute Gasteiger partial charge is 0.318 e. The van der Waals surface area contributed by atoms with Crippen molar-refractivity contribution in [3.05, 3.63) is 0 Å². The number of rotatable bonds is 8. The molecule has 0 atom stereocenters. The van der Waals surface area contributed by atoms with Gasteiger partial charge in [-0.25, -0.2) is 4.79 Å². The van der Waals surface area contributed by atoms with E-state index in [9.17, 15) is 9.59 Å². The first-order valence-electron chi connectivity index (χ1n) is 5.44. The molecule has 0 aliphatic heterocycles. The van der Waals surface area contributed by atoms with Crippen molar-refractivity contribution in [1.29, 1.82) is 0 Å². The Hall–Kier alpha value is -1.14. The van der Waals surface area contributed by atoms with Crippen LogP contribution in [0, 0.1) is 0 Å². The molecule has 0 fully saturated rings. The minimum absolute atomic E-state index is 0.105. The van der Waals surface area contributed by atoms with E-state index in [-0.39, 0.29) is 12.6 Å². The summed E-state index contributed by atoms with van der Waals surface area (Å²) in [6.45, 7) is 5.53. The Morgan fingerprint density at radius 1 is 1.31 bits per heavy atom. The molecule has 0 radical (unpaired) electrons. The summed E-state index contributed by atoms with van der Waals surface area (Å²) < 4.78 is 5.35. The molecule has 0 saturated heterocycles. The highest BCUT2D eigenvalue weighted by atomic mass is 16.5. The number of hydrogen-bond donors (Lipinski definition) is 3. The Morgan fingerprint density at radius 2 is 2.00 bits per heavy atom. The van der Waals surface area contributed by atoms with Crippen molar-refractivity contribution < 1.29 is 14.3 Å². The number of amides is 3. The molecule has 3 amide bonds. The minimum atomic E-state index is -0.822. The SMILES string of the molecule is CC(C)OCCCCNCC(=O)NC(N)=O. The molecule has 94 valence electrons. The summed E-state index contributed by atoms with van der Waals surface area (Å²) in [4.78, 5) is 21.2. The first-order chi connectivity index (χ1) is 7.52. The van der Waals surface area contributed by atoms with Gasteiger partial charge >= 0.3 is 6.03 Å². The Morgan fingerprint density at radius 3 is 2.56 bits per heavy atom. The number of carbonyl (C=O) groups excluding carboxylic acids is 2. The van der Waals surface area contributed by atoms with E-state index in [0.29, 0.717) is 6.54 Å². The van der Waals surface area contributed by atoms with Gasteiger partial charge in [-0.2, -0.15) is 0 Å². The molecule has 0 rings (SSSR count). The predicted molar refractivity (Wildman–Crippen MR) is 60.9 cm³/mol. The molecule has 6 nitrogen and oxygen atoms in total. The summed E-state index contributed by atoms with van der Waals surface area (Å²) in [5, 5.41) is 4.88. The largest absolute Gasteiger partial charge is 0.379 e. The Kier molecular flexibility index (Phi) is 8.46. The lowest BCUT2D eigenvalue weighted by Gasteiger charge is -2.07. The van der Waals surface area contributed by atoms with Gasteiger partial charge in [0.15, 0.2) is 0 Å². The van der Waals surface area contributed by atoms with E-state index in [0.717, 1.165) is 19.4 Å². The fourth-order valence-electron chi connectivity index (χ4n) is 1.05. The van der Waals surface area contributed by atoms with E-state index in [1.807, 2.05) is 19.2 Å². The maximum absolute atomic E-state index is 10.9. The zero-order chi connectivity index (χ0) is 12.4. The van der Waals surface area contributed by atoms with Crippen molar-refractivity contribution >= 4 is 11.9 Å². The summed E-state index contributed by atoms with van der Waals surface area (Å²) in [6.07, 6.45) is 2.13. The number of nitrogens with one attached hydrogen (secondary N) is 2. The van der Waals surface area contributed by atoms with Crippen molar-refractivity contribution in [3.63, 3.8) is 0 Å². The Labute approximate surface area is 95.9 Å². The van der Waals surface area contributed by atoms with Gasteiger partial charge in [-0.3, -0.25) is 10.1 Å². The van der Waals surface area contributed by atoms with Crippen LogP contribution >= 0.6 is 0 Å². The summed E-state index contributed by atoms with van der Waals surface area (Å²) in [7, 11) is 0. The van der Waals surface area contributed by atoms with Crippen LogP contribution in [0.3, 0.4) is 0 Å². The zero-order valence-corrected chi connectivity index (χ0v) is 9.91. The van der Waals surface area contributed by atoms with Crippen molar-refractivity contribution in [2.75, 3.05) is 19.7 Å². The first kappa shape index (κ1) is 14.9. The van der Waals surface area contributed by atoms with Gasteiger partial charge in [-0.15, -0.1) is 0 Å². The first-order valence-corrected chi connectivity index (χ1v) is 5.44. The number of imide groups is 1. The van der Waals surface area contributed by atoms with E-state index in [1.165, 1.54) is 0 Å². The fraction of sp³-hybridized carbons (Fsp3) is 0.800. The maximum atomic E-state index is 10.9. The van der Waals surface area contributed by atoms with E-state index in [2.05, 4.69) is 5.32 Å². The average molecular weight is 231 g/mol. The van der Waals surface area contributed by atoms with E-state index in [4.69, 9.17) is 10.5 Å². The summed E-state index contributed by atoms with van der Waals surface area (Å²) in [5.74, 6) is -0.411. The highest BCUT2D eigenvalue weighted by molar-refractivity contribution is 5.94. The molecule has 16 heavy (non-hydrogen) atoms. The van der Waals surface area contributed by atoms with Gasteiger partial charge in [0.05, 0.1) is 12.6 Å². The van der Waals surface area contributed by atoms with Gasteiger partial charge in [0.1, 0.15) is 0 Å². The molecule has 0 aromatic carbocycles. The third kappa shape index (κ3) is 10.9. The van der Waals surface area contributed by atoms with Gasteiger partial charge in [0.25, 0.3) is 0 Å². The molecule has 0 bridgehead atoms. The normalized spacial score (nSPS) is 10.4. The molecule has 0 aliphatic carbocycles. The Balaban J connectivity index is 3.21. The maximum Gasteiger partial charge on any atom is 0.318 e. The summed E-state index contributed by atoms with van der Waals surface area (Å²) >= 11 is 0. The molecule has 6 heteroatoms. The van der Waals surface area contributed by atoms with Gasteiger partial charge in [-0.05, 0) is 33.2 Å². The lowest BCUT2D eigenvalue weighted by molar-refractivity contribution is -0.119. The molecule has 4 N–H and O–H groups in total. The van der Waals surface area contributed by atoms with E-state index in [1.54, 1.807) is 0 Å². The minimum Gasteiger partial charge on any atom is -0.379 e. The number of urea groups is 1. The van der Waals surface area contributed by atoms with Crippen LogP contribution in [0.25, 0.3) is 0 Å². The Bertz CT molecular complexity index is 219. The van der Waals surface area contributed by atoms with Crippen LogP contribution < -0.4 is 16.4 Å². The van der Waals surface area contributed by atoms with Gasteiger partial charge in [0.2, 0.25) is 5.91 Å². The van der Waals surface area contributed by atoms with Crippen LogP contribution in [-0.2, 0) is 9.53 Å². The summed E-state index contributed by atoms with van der Waals surface area (Å²) in [6, 6.07) is -0.822. The van der Waals surface area contributed by atoms with Crippen LogP contribution in [0.1, 0.15) is 26.7 Å². The quantitative estimate of drug-likeness (QED) is 0.512. The van der Waals surface area contributed by atoms with Crippen molar-refractivity contribution in [2.24, 2.45) is 5.73 Å². The number of nitrogens with two attached hydrogens (primary N) is 1. The lowest BCUT2D eigenvalue weighted by Crippen LogP contribution is -2.40. The van der Waals surface area contributed by atoms with Crippen molar-refractivity contribution in [3.8, 4) is 0 Å². The highest BCUT2D eigenvalue weighted by Gasteiger charge is 2.02. The van der Waals surface area contributed by atoms with E-state index < -0.39 is 11.9 Å². The van der Waals surface area contributed by atoms with Crippen LogP contribution in [0.5, 0.6) is 0 Å². The predicted octanol–water partition coefficient (Wildman–Crippen LogP) is -0.0239. The topological polar surface area (TPSA) is 93.4 Å². The second-order valence-corrected chi connectivity index (χ2v) is 3.72. The fourth-order valence-corrected chi connectivity index (χ4v) is 1.05. The van der Waals surface area contributed by atoms with E-state index >= 15 is 0 Å². The van der Waals surface area contributed by atoms with Crippen molar-refractivity contribution in [2.45, 2.75) is 32.8 Å². The zero-order valence-electron chi connectivity index (χ0n) is 9.91. The molecule has 0 unspecified atom stereocenters. The molecule has 0 aromatic rings. The summed E-state index contributed by atoms with van der Waals surface area (Å²) in [5.41, 5.74) is 4.78. The molecule has 0 saturated carbocycles.